The standard InChI is InChI=1S/C26H22ClN3O5/c1-33-22-12-9-20(15-23(22)34-2)28-26(32)18-5-10-21(11-6-18)30-25(31)14-13-24(29-30)35-16-17-3-7-19(27)8-4-17/h3-15H,16H2,1-2H3,(H,28,32). The Kier molecular flexibility index (Phi) is 7.32. The number of carbonyl (C=O) groups excluding carboxylic acids is 1. The van der Waals surface area contributed by atoms with E-state index in [1.165, 1.54) is 23.9 Å². The van der Waals surface area contributed by atoms with Crippen LogP contribution in [0.25, 0.3) is 5.69 Å². The maximum Gasteiger partial charge on any atom is 0.271 e. The van der Waals surface area contributed by atoms with E-state index in [1.807, 2.05) is 12.1 Å². The summed E-state index contributed by atoms with van der Waals surface area (Å²) in [7, 11) is 3.06. The lowest BCUT2D eigenvalue weighted by Crippen LogP contribution is -2.20. The summed E-state index contributed by atoms with van der Waals surface area (Å²) >= 11 is 5.90. The lowest BCUT2D eigenvalue weighted by molar-refractivity contribution is 0.102. The molecule has 1 N–H and O–H groups in total. The summed E-state index contributed by atoms with van der Waals surface area (Å²) in [6.45, 7) is 0.275. The van der Waals surface area contributed by atoms with Gasteiger partial charge >= 0.3 is 0 Å². The molecule has 0 unspecified atom stereocenters. The van der Waals surface area contributed by atoms with Crippen molar-refractivity contribution in [1.29, 1.82) is 0 Å². The van der Waals surface area contributed by atoms with Crippen molar-refractivity contribution in [2.45, 2.75) is 6.61 Å². The highest BCUT2D eigenvalue weighted by Gasteiger charge is 2.11. The van der Waals surface area contributed by atoms with Gasteiger partial charge in [-0.25, -0.2) is 0 Å². The van der Waals surface area contributed by atoms with Crippen LogP contribution in [0.2, 0.25) is 5.02 Å². The molecule has 9 heteroatoms. The molecule has 0 aliphatic rings. The Morgan fingerprint density at radius 2 is 1.63 bits per heavy atom. The van der Waals surface area contributed by atoms with E-state index < -0.39 is 0 Å². The zero-order valence-electron chi connectivity index (χ0n) is 19.0. The van der Waals surface area contributed by atoms with Crippen LogP contribution in [0, 0.1) is 0 Å². The van der Waals surface area contributed by atoms with Gasteiger partial charge in [0.05, 0.1) is 19.9 Å². The summed E-state index contributed by atoms with van der Waals surface area (Å²) in [5, 5.41) is 7.74. The number of nitrogens with one attached hydrogen (secondary N) is 1. The van der Waals surface area contributed by atoms with Crippen LogP contribution in [0.15, 0.2) is 83.7 Å². The van der Waals surface area contributed by atoms with E-state index >= 15 is 0 Å². The molecule has 35 heavy (non-hydrogen) atoms. The minimum atomic E-state index is -0.327. The summed E-state index contributed by atoms with van der Waals surface area (Å²) < 4.78 is 17.4. The third-order valence-corrected chi connectivity index (χ3v) is 5.34. The molecule has 0 saturated heterocycles. The first-order valence-corrected chi connectivity index (χ1v) is 11.0. The van der Waals surface area contributed by atoms with Gasteiger partial charge in [0.2, 0.25) is 5.88 Å². The predicted molar refractivity (Wildman–Crippen MR) is 133 cm³/mol. The maximum atomic E-state index is 12.7. The van der Waals surface area contributed by atoms with Crippen molar-refractivity contribution in [3.05, 3.63) is 105 Å². The van der Waals surface area contributed by atoms with Gasteiger partial charge in [0.25, 0.3) is 11.5 Å². The largest absolute Gasteiger partial charge is 0.493 e. The summed E-state index contributed by atoms with van der Waals surface area (Å²) in [4.78, 5) is 25.1. The van der Waals surface area contributed by atoms with E-state index in [1.54, 1.807) is 61.7 Å². The lowest BCUT2D eigenvalue weighted by atomic mass is 10.2. The number of nitrogens with zero attached hydrogens (tertiary/aromatic N) is 2. The highest BCUT2D eigenvalue weighted by molar-refractivity contribution is 6.30. The quantitative estimate of drug-likeness (QED) is 0.383. The molecule has 1 heterocycles. The second kappa shape index (κ2) is 10.8. The SMILES string of the molecule is COc1ccc(NC(=O)c2ccc(-n3nc(OCc4ccc(Cl)cc4)ccc3=O)cc2)cc1OC. The molecular formula is C26H22ClN3O5. The fourth-order valence-corrected chi connectivity index (χ4v) is 3.39. The molecule has 8 nitrogen and oxygen atoms in total. The second-order valence-corrected chi connectivity index (χ2v) is 7.84. The number of hydrogen-bond donors (Lipinski definition) is 1. The van der Waals surface area contributed by atoms with Crippen LogP contribution in [-0.4, -0.2) is 29.9 Å². The maximum absolute atomic E-state index is 12.7. The first kappa shape index (κ1) is 23.8. The Bertz CT molecular complexity index is 1390. The Balaban J connectivity index is 1.47. The Labute approximate surface area is 206 Å². The van der Waals surface area contributed by atoms with Gasteiger partial charge < -0.3 is 19.5 Å². The van der Waals surface area contributed by atoms with Crippen LogP contribution in [0.3, 0.4) is 0 Å². The number of aromatic nitrogens is 2. The van der Waals surface area contributed by atoms with Crippen LogP contribution >= 0.6 is 11.6 Å². The summed E-state index contributed by atoms with van der Waals surface area (Å²) in [5.41, 5.74) is 2.05. The molecular weight excluding hydrogens is 470 g/mol. The van der Waals surface area contributed by atoms with Gasteiger partial charge in [-0.3, -0.25) is 9.59 Å². The van der Waals surface area contributed by atoms with Crippen LogP contribution in [0.1, 0.15) is 15.9 Å². The van der Waals surface area contributed by atoms with E-state index in [0.29, 0.717) is 33.5 Å². The molecule has 3 aromatic carbocycles. The normalized spacial score (nSPS) is 10.5. The Morgan fingerprint density at radius 1 is 0.914 bits per heavy atom. The van der Waals surface area contributed by atoms with Gasteiger partial charge in [-0.1, -0.05) is 23.7 Å². The smallest absolute Gasteiger partial charge is 0.271 e. The molecule has 4 rings (SSSR count). The minimum absolute atomic E-state index is 0.275. The number of hydrogen-bond acceptors (Lipinski definition) is 6. The number of methoxy groups -OCH3 is 2. The summed E-state index contributed by atoms with van der Waals surface area (Å²) in [6, 6.07) is 21.7. The van der Waals surface area contributed by atoms with Gasteiger partial charge in [0.1, 0.15) is 6.61 Å². The van der Waals surface area contributed by atoms with Gasteiger partial charge in [-0.15, -0.1) is 5.10 Å². The first-order valence-electron chi connectivity index (χ1n) is 10.6. The highest BCUT2D eigenvalue weighted by atomic mass is 35.5. The van der Waals surface area contributed by atoms with Gasteiger partial charge in [-0.2, -0.15) is 4.68 Å². The molecule has 0 spiro atoms. The average molecular weight is 492 g/mol. The van der Waals surface area contributed by atoms with Crippen molar-refractivity contribution < 1.29 is 19.0 Å². The van der Waals surface area contributed by atoms with E-state index in [9.17, 15) is 9.59 Å². The molecule has 0 aliphatic carbocycles. The molecule has 1 amide bonds. The van der Waals surface area contributed by atoms with Crippen LogP contribution in [0.4, 0.5) is 5.69 Å². The Morgan fingerprint density at radius 3 is 2.31 bits per heavy atom. The number of rotatable bonds is 8. The molecule has 1 aromatic heterocycles. The summed E-state index contributed by atoms with van der Waals surface area (Å²) in [5.74, 6) is 1.04. The van der Waals surface area contributed by atoms with Gasteiger partial charge in [0.15, 0.2) is 11.5 Å². The number of ether oxygens (including phenoxy) is 3. The van der Waals surface area contributed by atoms with E-state index in [2.05, 4.69) is 10.4 Å². The van der Waals surface area contributed by atoms with Gasteiger partial charge in [-0.05, 0) is 54.1 Å². The molecule has 0 aliphatic heterocycles. The first-order chi connectivity index (χ1) is 17.0. The van der Waals surface area contributed by atoms with Crippen molar-refractivity contribution in [3.8, 4) is 23.1 Å². The van der Waals surface area contributed by atoms with E-state index in [0.717, 1.165) is 5.56 Å². The van der Waals surface area contributed by atoms with E-state index in [-0.39, 0.29) is 24.0 Å². The molecule has 0 saturated carbocycles. The second-order valence-electron chi connectivity index (χ2n) is 7.41. The third kappa shape index (κ3) is 5.80. The Hall–Kier alpha value is -4.30. The molecule has 0 radical (unpaired) electrons. The van der Waals surface area contributed by atoms with Crippen molar-refractivity contribution in [1.82, 2.24) is 9.78 Å². The monoisotopic (exact) mass is 491 g/mol. The molecule has 178 valence electrons. The zero-order valence-corrected chi connectivity index (χ0v) is 19.8. The number of carbonyl (C=O) groups is 1. The minimum Gasteiger partial charge on any atom is -0.493 e. The third-order valence-electron chi connectivity index (χ3n) is 5.09. The predicted octanol–water partition coefficient (Wildman–Crippen LogP) is 4.73. The van der Waals surface area contributed by atoms with Crippen molar-refractivity contribution in [3.63, 3.8) is 0 Å². The van der Waals surface area contributed by atoms with Gasteiger partial charge in [0, 0.05) is 34.5 Å². The molecule has 0 fully saturated rings. The van der Waals surface area contributed by atoms with Crippen molar-refractivity contribution >= 4 is 23.2 Å². The average Bonchev–Trinajstić information content (AvgIpc) is 2.89. The van der Waals surface area contributed by atoms with Crippen LogP contribution in [0.5, 0.6) is 17.4 Å². The molecule has 0 bridgehead atoms. The lowest BCUT2D eigenvalue weighted by Gasteiger charge is -2.11. The topological polar surface area (TPSA) is 91.7 Å². The number of anilines is 1. The molecule has 0 atom stereocenters. The summed E-state index contributed by atoms with van der Waals surface area (Å²) in [6.07, 6.45) is 0. The van der Waals surface area contributed by atoms with Crippen molar-refractivity contribution in [2.24, 2.45) is 0 Å². The van der Waals surface area contributed by atoms with Crippen LogP contribution in [-0.2, 0) is 6.61 Å². The fourth-order valence-electron chi connectivity index (χ4n) is 3.27. The number of benzene rings is 3. The highest BCUT2D eigenvalue weighted by Crippen LogP contribution is 2.30. The number of amides is 1. The zero-order chi connectivity index (χ0) is 24.8. The van der Waals surface area contributed by atoms with Crippen molar-refractivity contribution in [2.75, 3.05) is 19.5 Å². The van der Waals surface area contributed by atoms with Crippen LogP contribution < -0.4 is 25.1 Å². The fraction of sp³-hybridized carbons (Fsp3) is 0.115. The van der Waals surface area contributed by atoms with E-state index in [4.69, 9.17) is 25.8 Å². The number of halogens is 1. The molecule has 4 aromatic rings.